The van der Waals surface area contributed by atoms with Gasteiger partial charge >= 0.3 is 0 Å². The number of rotatable bonds is 2. The Balaban J connectivity index is 2.52. The smallest absolute Gasteiger partial charge is 0.159 e. The average Bonchev–Trinajstić information content (AvgIpc) is 2.32. The largest absolute Gasteiger partial charge is 0.390 e. The standard InChI is InChI=1S/C13H13BrN2O/c1-8-3-4-10(6-12(8)14)13-15-9(2)5-11(7-17)16-13/h3-6,17H,7H2,1-2H3. The quantitative estimate of drug-likeness (QED) is 0.925. The minimum Gasteiger partial charge on any atom is -0.390 e. The lowest BCUT2D eigenvalue weighted by molar-refractivity contribution is 0.276. The molecule has 0 atom stereocenters. The van der Waals surface area contributed by atoms with Crippen molar-refractivity contribution in [3.05, 3.63) is 45.7 Å². The van der Waals surface area contributed by atoms with Crippen LogP contribution in [0.15, 0.2) is 28.7 Å². The molecule has 3 nitrogen and oxygen atoms in total. The van der Waals surface area contributed by atoms with Crippen molar-refractivity contribution in [2.75, 3.05) is 0 Å². The molecular weight excluding hydrogens is 280 g/mol. The third-order valence-corrected chi connectivity index (χ3v) is 3.35. The predicted molar refractivity (Wildman–Crippen MR) is 70.6 cm³/mol. The van der Waals surface area contributed by atoms with E-state index in [0.29, 0.717) is 11.5 Å². The van der Waals surface area contributed by atoms with E-state index >= 15 is 0 Å². The zero-order chi connectivity index (χ0) is 12.4. The summed E-state index contributed by atoms with van der Waals surface area (Å²) in [6.07, 6.45) is 0. The van der Waals surface area contributed by atoms with Crippen LogP contribution in [0.5, 0.6) is 0 Å². The van der Waals surface area contributed by atoms with E-state index in [1.54, 1.807) is 6.07 Å². The summed E-state index contributed by atoms with van der Waals surface area (Å²) < 4.78 is 1.03. The highest BCUT2D eigenvalue weighted by Gasteiger charge is 2.06. The summed E-state index contributed by atoms with van der Waals surface area (Å²) >= 11 is 3.49. The number of halogens is 1. The van der Waals surface area contributed by atoms with Gasteiger partial charge in [-0.2, -0.15) is 0 Å². The van der Waals surface area contributed by atoms with Gasteiger partial charge in [0, 0.05) is 15.7 Å². The predicted octanol–water partition coefficient (Wildman–Crippen LogP) is 3.02. The van der Waals surface area contributed by atoms with E-state index in [4.69, 9.17) is 5.11 Å². The summed E-state index contributed by atoms with van der Waals surface area (Å²) in [5, 5.41) is 9.13. The molecule has 1 aromatic carbocycles. The van der Waals surface area contributed by atoms with E-state index in [-0.39, 0.29) is 6.61 Å². The van der Waals surface area contributed by atoms with Gasteiger partial charge in [0.15, 0.2) is 5.82 Å². The van der Waals surface area contributed by atoms with Gasteiger partial charge in [-0.15, -0.1) is 0 Å². The maximum absolute atomic E-state index is 9.13. The zero-order valence-electron chi connectivity index (χ0n) is 9.74. The van der Waals surface area contributed by atoms with Crippen LogP contribution in [0.4, 0.5) is 0 Å². The summed E-state index contributed by atoms with van der Waals surface area (Å²) in [5.74, 6) is 0.648. The van der Waals surface area contributed by atoms with Crippen LogP contribution in [0, 0.1) is 13.8 Å². The van der Waals surface area contributed by atoms with Crippen LogP contribution in [-0.2, 0) is 6.61 Å². The van der Waals surface area contributed by atoms with Gasteiger partial charge in [-0.1, -0.05) is 28.1 Å². The molecule has 0 saturated carbocycles. The number of hydrogen-bond donors (Lipinski definition) is 1. The Morgan fingerprint density at radius 3 is 2.59 bits per heavy atom. The summed E-state index contributed by atoms with van der Waals surface area (Å²) in [7, 11) is 0. The van der Waals surface area contributed by atoms with E-state index in [9.17, 15) is 0 Å². The molecule has 0 fully saturated rings. The van der Waals surface area contributed by atoms with Gasteiger partial charge in [-0.3, -0.25) is 0 Å². The number of aromatic nitrogens is 2. The lowest BCUT2D eigenvalue weighted by Gasteiger charge is -2.06. The molecular formula is C13H13BrN2O. The lowest BCUT2D eigenvalue weighted by Crippen LogP contribution is -1.98. The second-order valence-corrected chi connectivity index (χ2v) is 4.80. The fourth-order valence-electron chi connectivity index (χ4n) is 1.58. The van der Waals surface area contributed by atoms with Gasteiger partial charge < -0.3 is 5.11 Å². The van der Waals surface area contributed by atoms with Crippen LogP contribution in [0.3, 0.4) is 0 Å². The molecule has 1 N–H and O–H groups in total. The van der Waals surface area contributed by atoms with Crippen molar-refractivity contribution in [2.45, 2.75) is 20.5 Å². The van der Waals surface area contributed by atoms with Crippen molar-refractivity contribution in [3.63, 3.8) is 0 Å². The first kappa shape index (κ1) is 12.2. The van der Waals surface area contributed by atoms with Crippen LogP contribution in [0.2, 0.25) is 0 Å². The first-order chi connectivity index (χ1) is 8.10. The van der Waals surface area contributed by atoms with E-state index in [1.807, 2.05) is 32.0 Å². The molecule has 0 amide bonds. The number of aliphatic hydroxyl groups excluding tert-OH is 1. The van der Waals surface area contributed by atoms with Crippen molar-refractivity contribution in [2.24, 2.45) is 0 Å². The summed E-state index contributed by atoms with van der Waals surface area (Å²) in [6.45, 7) is 3.86. The topological polar surface area (TPSA) is 46.0 Å². The molecule has 1 heterocycles. The number of aliphatic hydroxyl groups is 1. The normalized spacial score (nSPS) is 10.6. The summed E-state index contributed by atoms with van der Waals surface area (Å²) in [5.41, 5.74) is 3.62. The van der Waals surface area contributed by atoms with Gasteiger partial charge in [0.1, 0.15) is 0 Å². The summed E-state index contributed by atoms with van der Waals surface area (Å²) in [4.78, 5) is 8.69. The Morgan fingerprint density at radius 2 is 1.94 bits per heavy atom. The monoisotopic (exact) mass is 292 g/mol. The van der Waals surface area contributed by atoms with Crippen LogP contribution < -0.4 is 0 Å². The van der Waals surface area contributed by atoms with Crippen LogP contribution in [0.1, 0.15) is 17.0 Å². The van der Waals surface area contributed by atoms with Crippen molar-refractivity contribution >= 4 is 15.9 Å². The number of hydrogen-bond acceptors (Lipinski definition) is 3. The molecule has 2 aromatic rings. The molecule has 0 spiro atoms. The highest BCUT2D eigenvalue weighted by Crippen LogP contribution is 2.23. The molecule has 17 heavy (non-hydrogen) atoms. The second-order valence-electron chi connectivity index (χ2n) is 3.95. The maximum Gasteiger partial charge on any atom is 0.159 e. The summed E-state index contributed by atoms with van der Waals surface area (Å²) in [6, 6.07) is 7.78. The van der Waals surface area contributed by atoms with Crippen molar-refractivity contribution in [1.82, 2.24) is 9.97 Å². The van der Waals surface area contributed by atoms with Crippen molar-refractivity contribution in [3.8, 4) is 11.4 Å². The van der Waals surface area contributed by atoms with Crippen molar-refractivity contribution in [1.29, 1.82) is 0 Å². The van der Waals surface area contributed by atoms with E-state index in [1.165, 1.54) is 5.56 Å². The third-order valence-electron chi connectivity index (χ3n) is 2.50. The minimum atomic E-state index is -0.0661. The molecule has 0 aliphatic rings. The average molecular weight is 293 g/mol. The minimum absolute atomic E-state index is 0.0661. The second kappa shape index (κ2) is 4.94. The van der Waals surface area contributed by atoms with Gasteiger partial charge in [-0.05, 0) is 31.5 Å². The van der Waals surface area contributed by atoms with E-state index < -0.39 is 0 Å². The third kappa shape index (κ3) is 2.70. The Hall–Kier alpha value is -1.26. The molecule has 4 heteroatoms. The first-order valence-electron chi connectivity index (χ1n) is 5.32. The van der Waals surface area contributed by atoms with Crippen LogP contribution >= 0.6 is 15.9 Å². The van der Waals surface area contributed by atoms with Gasteiger partial charge in [0.2, 0.25) is 0 Å². The van der Waals surface area contributed by atoms with E-state index in [0.717, 1.165) is 15.7 Å². The Labute approximate surface area is 109 Å². The number of benzene rings is 1. The molecule has 0 radical (unpaired) electrons. The number of nitrogens with zero attached hydrogens (tertiary/aromatic N) is 2. The fraction of sp³-hybridized carbons (Fsp3) is 0.231. The first-order valence-corrected chi connectivity index (χ1v) is 6.11. The highest BCUT2D eigenvalue weighted by molar-refractivity contribution is 9.10. The lowest BCUT2D eigenvalue weighted by atomic mass is 10.1. The molecule has 0 unspecified atom stereocenters. The zero-order valence-corrected chi connectivity index (χ0v) is 11.3. The molecule has 88 valence electrons. The fourth-order valence-corrected chi connectivity index (χ4v) is 1.95. The Morgan fingerprint density at radius 1 is 1.18 bits per heavy atom. The van der Waals surface area contributed by atoms with Crippen LogP contribution in [-0.4, -0.2) is 15.1 Å². The SMILES string of the molecule is Cc1cc(CO)nc(-c2ccc(C)c(Br)c2)n1. The van der Waals surface area contributed by atoms with Crippen molar-refractivity contribution < 1.29 is 5.11 Å². The van der Waals surface area contributed by atoms with Crippen LogP contribution in [0.25, 0.3) is 11.4 Å². The highest BCUT2D eigenvalue weighted by atomic mass is 79.9. The molecule has 2 rings (SSSR count). The van der Waals surface area contributed by atoms with Gasteiger partial charge in [0.25, 0.3) is 0 Å². The molecule has 0 aliphatic carbocycles. The molecule has 0 saturated heterocycles. The van der Waals surface area contributed by atoms with E-state index in [2.05, 4.69) is 25.9 Å². The number of aryl methyl sites for hydroxylation is 2. The van der Waals surface area contributed by atoms with Gasteiger partial charge in [0.05, 0.1) is 12.3 Å². The molecule has 1 aromatic heterocycles. The maximum atomic E-state index is 9.13. The Bertz CT molecular complexity index is 555. The molecule has 0 bridgehead atoms. The Kier molecular flexibility index (Phi) is 3.54. The van der Waals surface area contributed by atoms with Gasteiger partial charge in [-0.25, -0.2) is 9.97 Å². The molecule has 0 aliphatic heterocycles.